The van der Waals surface area contributed by atoms with Gasteiger partial charge in [-0.15, -0.1) is 0 Å². The summed E-state index contributed by atoms with van der Waals surface area (Å²) in [7, 11) is 0. The molecule has 0 heterocycles. The maximum atomic E-state index is 12.4. The average molecular weight is 410 g/mol. The maximum absolute atomic E-state index is 12.4. The highest BCUT2D eigenvalue weighted by Gasteiger charge is 2.19. The van der Waals surface area contributed by atoms with E-state index in [-0.39, 0.29) is 16.5 Å². The highest BCUT2D eigenvalue weighted by Crippen LogP contribution is 2.38. The lowest BCUT2D eigenvalue weighted by Crippen LogP contribution is -2.30. The predicted octanol–water partition coefficient (Wildman–Crippen LogP) is 6.15. The van der Waals surface area contributed by atoms with E-state index in [2.05, 4.69) is 18.3 Å². The van der Waals surface area contributed by atoms with Crippen LogP contribution in [0.5, 0.6) is 11.5 Å². The molecule has 0 aliphatic carbocycles. The monoisotopic (exact) mass is 409 g/mol. The number of rotatable bonds is 8. The van der Waals surface area contributed by atoms with Crippen LogP contribution in [0.1, 0.15) is 44.2 Å². The van der Waals surface area contributed by atoms with Gasteiger partial charge in [-0.2, -0.15) is 0 Å². The van der Waals surface area contributed by atoms with Crippen molar-refractivity contribution in [1.29, 1.82) is 0 Å². The Bertz CT molecular complexity index is 808. The molecule has 0 aliphatic heterocycles. The van der Waals surface area contributed by atoms with Crippen LogP contribution in [0, 0.1) is 6.92 Å². The van der Waals surface area contributed by atoms with Gasteiger partial charge < -0.3 is 15.2 Å². The molecule has 1 unspecified atom stereocenters. The zero-order valence-corrected chi connectivity index (χ0v) is 17.3. The summed E-state index contributed by atoms with van der Waals surface area (Å²) in [4.78, 5) is 12.4. The standard InChI is InChI=1S/C21H25Cl2NO3/c1-4-5-6-8-15-9-7-10-16(11-15)27-14(3)21(26)24-18-12-17(22)13(2)19(23)20(18)25/h7,9-12,14,25H,4-6,8H2,1-3H3,(H,24,26). The number of phenols is 1. The number of phenolic OH excluding ortho intramolecular Hbond substituents is 1. The molecule has 0 bridgehead atoms. The van der Waals surface area contributed by atoms with E-state index < -0.39 is 12.0 Å². The van der Waals surface area contributed by atoms with Crippen LogP contribution < -0.4 is 10.1 Å². The first-order valence-corrected chi connectivity index (χ1v) is 9.83. The van der Waals surface area contributed by atoms with E-state index in [9.17, 15) is 9.90 Å². The molecule has 2 aromatic carbocycles. The molecule has 0 aliphatic rings. The number of unbranched alkanes of at least 4 members (excludes halogenated alkanes) is 2. The molecule has 1 amide bonds. The molecule has 2 rings (SSSR count). The van der Waals surface area contributed by atoms with Crippen molar-refractivity contribution in [2.45, 2.75) is 52.6 Å². The fourth-order valence-electron chi connectivity index (χ4n) is 2.64. The van der Waals surface area contributed by atoms with E-state index in [4.69, 9.17) is 27.9 Å². The van der Waals surface area contributed by atoms with Gasteiger partial charge in [0.15, 0.2) is 11.9 Å². The van der Waals surface area contributed by atoms with Gasteiger partial charge in [-0.25, -0.2) is 0 Å². The third-order valence-corrected chi connectivity index (χ3v) is 5.18. The Balaban J connectivity index is 2.03. The van der Waals surface area contributed by atoms with Crippen LogP contribution >= 0.6 is 23.2 Å². The molecule has 2 aromatic rings. The number of aromatic hydroxyl groups is 1. The van der Waals surface area contributed by atoms with Gasteiger partial charge in [-0.05, 0) is 56.0 Å². The summed E-state index contributed by atoms with van der Waals surface area (Å²) >= 11 is 12.1. The van der Waals surface area contributed by atoms with Crippen molar-refractivity contribution in [1.82, 2.24) is 0 Å². The Kier molecular flexibility index (Phi) is 7.81. The summed E-state index contributed by atoms with van der Waals surface area (Å²) in [6, 6.07) is 9.23. The Morgan fingerprint density at radius 1 is 1.26 bits per heavy atom. The highest BCUT2D eigenvalue weighted by molar-refractivity contribution is 6.37. The Labute approximate surface area is 170 Å². The van der Waals surface area contributed by atoms with Crippen molar-refractivity contribution in [3.05, 3.63) is 51.5 Å². The van der Waals surface area contributed by atoms with Crippen LogP contribution in [0.3, 0.4) is 0 Å². The van der Waals surface area contributed by atoms with Crippen molar-refractivity contribution >= 4 is 34.8 Å². The van der Waals surface area contributed by atoms with E-state index >= 15 is 0 Å². The normalized spacial score (nSPS) is 11.9. The summed E-state index contributed by atoms with van der Waals surface area (Å²) in [6.45, 7) is 5.51. The fraction of sp³-hybridized carbons (Fsp3) is 0.381. The van der Waals surface area contributed by atoms with Crippen LogP contribution in [0.25, 0.3) is 0 Å². The van der Waals surface area contributed by atoms with Crippen molar-refractivity contribution in [2.75, 3.05) is 5.32 Å². The Morgan fingerprint density at radius 2 is 2.00 bits per heavy atom. The third-order valence-electron chi connectivity index (χ3n) is 4.33. The number of carbonyl (C=O) groups excluding carboxylic acids is 1. The number of ether oxygens (including phenoxy) is 1. The number of anilines is 1. The average Bonchev–Trinajstić information content (AvgIpc) is 2.65. The first-order chi connectivity index (χ1) is 12.8. The van der Waals surface area contributed by atoms with Gasteiger partial charge in [-0.3, -0.25) is 4.79 Å². The van der Waals surface area contributed by atoms with E-state index in [1.807, 2.05) is 18.2 Å². The lowest BCUT2D eigenvalue weighted by Gasteiger charge is -2.17. The van der Waals surface area contributed by atoms with E-state index in [1.54, 1.807) is 13.8 Å². The van der Waals surface area contributed by atoms with Crippen molar-refractivity contribution in [3.8, 4) is 11.5 Å². The second-order valence-electron chi connectivity index (χ2n) is 6.55. The minimum Gasteiger partial charge on any atom is -0.504 e. The topological polar surface area (TPSA) is 58.6 Å². The smallest absolute Gasteiger partial charge is 0.265 e. The van der Waals surface area contributed by atoms with Crippen LogP contribution in [-0.2, 0) is 11.2 Å². The Hall–Kier alpha value is -1.91. The molecule has 27 heavy (non-hydrogen) atoms. The van der Waals surface area contributed by atoms with Crippen LogP contribution in [-0.4, -0.2) is 17.1 Å². The molecule has 0 saturated carbocycles. The number of carbonyl (C=O) groups is 1. The molecule has 0 spiro atoms. The lowest BCUT2D eigenvalue weighted by molar-refractivity contribution is -0.122. The summed E-state index contributed by atoms with van der Waals surface area (Å²) in [5.74, 6) is 0.0190. The first kappa shape index (κ1) is 21.4. The van der Waals surface area contributed by atoms with Gasteiger partial charge in [0.05, 0.1) is 10.7 Å². The molecule has 0 aromatic heterocycles. The van der Waals surface area contributed by atoms with Crippen LogP contribution in [0.2, 0.25) is 10.0 Å². The van der Waals surface area contributed by atoms with E-state index in [0.717, 1.165) is 12.8 Å². The lowest BCUT2D eigenvalue weighted by atomic mass is 10.1. The molecule has 2 N–H and O–H groups in total. The zero-order valence-electron chi connectivity index (χ0n) is 15.8. The number of halogens is 2. The molecule has 146 valence electrons. The molecule has 0 saturated heterocycles. The number of benzene rings is 2. The number of aryl methyl sites for hydroxylation is 1. The molecule has 0 fully saturated rings. The molecule has 0 radical (unpaired) electrons. The fourth-order valence-corrected chi connectivity index (χ4v) is 3.10. The molecular weight excluding hydrogens is 385 g/mol. The third kappa shape index (κ3) is 5.78. The van der Waals surface area contributed by atoms with Crippen molar-refractivity contribution in [3.63, 3.8) is 0 Å². The van der Waals surface area contributed by atoms with Gasteiger partial charge in [0, 0.05) is 5.02 Å². The van der Waals surface area contributed by atoms with Gasteiger partial charge in [0.2, 0.25) is 0 Å². The van der Waals surface area contributed by atoms with Gasteiger partial charge in [0.25, 0.3) is 5.91 Å². The van der Waals surface area contributed by atoms with Gasteiger partial charge in [-0.1, -0.05) is 55.1 Å². The zero-order chi connectivity index (χ0) is 20.0. The number of hydrogen-bond donors (Lipinski definition) is 2. The quantitative estimate of drug-likeness (QED) is 0.406. The molecular formula is C21H25Cl2NO3. The summed E-state index contributed by atoms with van der Waals surface area (Å²) in [5.41, 5.74) is 1.89. The number of amides is 1. The first-order valence-electron chi connectivity index (χ1n) is 9.07. The Morgan fingerprint density at radius 3 is 2.70 bits per heavy atom. The number of hydrogen-bond acceptors (Lipinski definition) is 3. The predicted molar refractivity (Wildman–Crippen MR) is 111 cm³/mol. The largest absolute Gasteiger partial charge is 0.504 e. The maximum Gasteiger partial charge on any atom is 0.265 e. The van der Waals surface area contributed by atoms with Crippen molar-refractivity contribution in [2.24, 2.45) is 0 Å². The molecule has 4 nitrogen and oxygen atoms in total. The SMILES string of the molecule is CCCCCc1cccc(OC(C)C(=O)Nc2cc(Cl)c(C)c(Cl)c2O)c1. The molecule has 6 heteroatoms. The minimum atomic E-state index is -0.755. The highest BCUT2D eigenvalue weighted by atomic mass is 35.5. The minimum absolute atomic E-state index is 0.117. The van der Waals surface area contributed by atoms with Crippen molar-refractivity contribution < 1.29 is 14.6 Å². The van der Waals surface area contributed by atoms with Gasteiger partial charge in [0.1, 0.15) is 5.75 Å². The second kappa shape index (κ2) is 9.86. The van der Waals surface area contributed by atoms with E-state index in [0.29, 0.717) is 16.3 Å². The molecule has 1 atom stereocenters. The second-order valence-corrected chi connectivity index (χ2v) is 7.33. The van der Waals surface area contributed by atoms with Gasteiger partial charge >= 0.3 is 0 Å². The summed E-state index contributed by atoms with van der Waals surface area (Å²) in [5, 5.41) is 13.2. The summed E-state index contributed by atoms with van der Waals surface area (Å²) in [6.07, 6.45) is 3.72. The van der Waals surface area contributed by atoms with E-state index in [1.165, 1.54) is 24.5 Å². The number of nitrogens with one attached hydrogen (secondary N) is 1. The van der Waals surface area contributed by atoms with Crippen LogP contribution in [0.4, 0.5) is 5.69 Å². The van der Waals surface area contributed by atoms with Crippen LogP contribution in [0.15, 0.2) is 30.3 Å². The summed E-state index contributed by atoms with van der Waals surface area (Å²) < 4.78 is 5.76.